The molecule has 0 bridgehead atoms. The zero-order valence-electron chi connectivity index (χ0n) is 13.3. The van der Waals surface area contributed by atoms with E-state index in [0.717, 1.165) is 11.3 Å². The molecule has 1 heterocycles. The Morgan fingerprint density at radius 2 is 2.24 bits per heavy atom. The van der Waals surface area contributed by atoms with Gasteiger partial charge in [-0.15, -0.1) is 0 Å². The highest BCUT2D eigenvalue weighted by molar-refractivity contribution is 5.84. The van der Waals surface area contributed by atoms with Gasteiger partial charge in [0.2, 0.25) is 0 Å². The van der Waals surface area contributed by atoms with Gasteiger partial charge in [-0.05, 0) is 30.5 Å². The molecule has 0 amide bonds. The Balaban J connectivity index is 2.27. The molecule has 0 saturated carbocycles. The number of nitrogens with one attached hydrogen (secondary N) is 1. The Kier molecular flexibility index (Phi) is 4.88. The van der Waals surface area contributed by atoms with Gasteiger partial charge in [-0.25, -0.2) is 4.79 Å². The van der Waals surface area contributed by atoms with Crippen molar-refractivity contribution in [3.8, 4) is 0 Å². The summed E-state index contributed by atoms with van der Waals surface area (Å²) in [5, 5.41) is 3.42. The first-order chi connectivity index (χ1) is 9.97. The largest absolute Gasteiger partial charge is 0.467 e. The number of aryl methyl sites for hydroxylation is 1. The van der Waals surface area contributed by atoms with E-state index in [0.29, 0.717) is 25.4 Å². The van der Waals surface area contributed by atoms with Crippen molar-refractivity contribution < 1.29 is 14.3 Å². The Labute approximate surface area is 126 Å². The molecular formula is C17H25NO3. The van der Waals surface area contributed by atoms with Crippen LogP contribution in [0, 0.1) is 12.8 Å². The molecule has 1 aromatic carbocycles. The van der Waals surface area contributed by atoms with Crippen molar-refractivity contribution in [2.45, 2.75) is 45.3 Å². The summed E-state index contributed by atoms with van der Waals surface area (Å²) >= 11 is 0. The van der Waals surface area contributed by atoms with Crippen LogP contribution in [0.2, 0.25) is 0 Å². The maximum atomic E-state index is 12.4. The maximum absolute atomic E-state index is 12.4. The molecule has 2 atom stereocenters. The summed E-state index contributed by atoms with van der Waals surface area (Å²) in [5.74, 6) is 0.159. The number of carbonyl (C=O) groups is 1. The van der Waals surface area contributed by atoms with E-state index in [1.165, 1.54) is 7.11 Å². The molecule has 0 spiro atoms. The number of hydrogen-bond acceptors (Lipinski definition) is 4. The van der Waals surface area contributed by atoms with Gasteiger partial charge in [0.1, 0.15) is 5.54 Å². The van der Waals surface area contributed by atoms with Crippen LogP contribution in [0.15, 0.2) is 24.3 Å². The quantitative estimate of drug-likeness (QED) is 0.866. The lowest BCUT2D eigenvalue weighted by Crippen LogP contribution is -2.54. The van der Waals surface area contributed by atoms with Gasteiger partial charge < -0.3 is 14.8 Å². The highest BCUT2D eigenvalue weighted by Crippen LogP contribution is 2.33. The van der Waals surface area contributed by atoms with E-state index in [4.69, 9.17) is 9.47 Å². The number of benzene rings is 1. The second-order valence-corrected chi connectivity index (χ2v) is 6.18. The van der Waals surface area contributed by atoms with E-state index >= 15 is 0 Å². The fourth-order valence-electron chi connectivity index (χ4n) is 2.86. The molecule has 2 unspecified atom stereocenters. The van der Waals surface area contributed by atoms with Crippen LogP contribution in [0.3, 0.4) is 0 Å². The highest BCUT2D eigenvalue weighted by atomic mass is 16.5. The predicted octanol–water partition coefficient (Wildman–Crippen LogP) is 3.15. The number of hydrogen-bond donors (Lipinski definition) is 1. The van der Waals surface area contributed by atoms with Crippen molar-refractivity contribution in [2.24, 2.45) is 5.92 Å². The molecule has 4 nitrogen and oxygen atoms in total. The van der Waals surface area contributed by atoms with Crippen molar-refractivity contribution in [2.75, 3.05) is 19.0 Å². The number of rotatable bonds is 4. The van der Waals surface area contributed by atoms with E-state index in [-0.39, 0.29) is 12.1 Å². The fourth-order valence-corrected chi connectivity index (χ4v) is 2.86. The third-order valence-electron chi connectivity index (χ3n) is 4.13. The van der Waals surface area contributed by atoms with Gasteiger partial charge >= 0.3 is 5.97 Å². The van der Waals surface area contributed by atoms with Crippen LogP contribution in [0.1, 0.15) is 32.3 Å². The van der Waals surface area contributed by atoms with Crippen LogP contribution in [0.25, 0.3) is 0 Å². The standard InChI is InChI=1S/C17H25NO3/c1-12(2)15-11-17(8-9-21-15,16(19)20-4)18-14-7-5-6-13(3)10-14/h5-7,10,12,15,18H,8-9,11H2,1-4H3. The average Bonchev–Trinajstić information content (AvgIpc) is 2.46. The Bertz CT molecular complexity index is 501. The molecule has 4 heteroatoms. The van der Waals surface area contributed by atoms with Crippen molar-refractivity contribution >= 4 is 11.7 Å². The Hall–Kier alpha value is -1.55. The summed E-state index contributed by atoms with van der Waals surface area (Å²) in [6, 6.07) is 8.06. The van der Waals surface area contributed by atoms with E-state index in [1.54, 1.807) is 0 Å². The lowest BCUT2D eigenvalue weighted by molar-refractivity contribution is -0.152. The first-order valence-electron chi connectivity index (χ1n) is 7.52. The smallest absolute Gasteiger partial charge is 0.331 e. The van der Waals surface area contributed by atoms with E-state index in [9.17, 15) is 4.79 Å². The van der Waals surface area contributed by atoms with Crippen LogP contribution in [-0.4, -0.2) is 31.3 Å². The zero-order chi connectivity index (χ0) is 15.5. The van der Waals surface area contributed by atoms with Crippen LogP contribution in [-0.2, 0) is 14.3 Å². The van der Waals surface area contributed by atoms with Gasteiger partial charge in [-0.1, -0.05) is 26.0 Å². The Morgan fingerprint density at radius 1 is 1.48 bits per heavy atom. The molecule has 0 aliphatic carbocycles. The van der Waals surface area contributed by atoms with Gasteiger partial charge in [0.25, 0.3) is 0 Å². The molecule has 21 heavy (non-hydrogen) atoms. The van der Waals surface area contributed by atoms with E-state index < -0.39 is 5.54 Å². The van der Waals surface area contributed by atoms with Gasteiger partial charge in [0.15, 0.2) is 0 Å². The zero-order valence-corrected chi connectivity index (χ0v) is 13.3. The van der Waals surface area contributed by atoms with Crippen LogP contribution in [0.4, 0.5) is 5.69 Å². The second kappa shape index (κ2) is 6.48. The molecule has 1 saturated heterocycles. The second-order valence-electron chi connectivity index (χ2n) is 6.18. The first-order valence-corrected chi connectivity index (χ1v) is 7.52. The highest BCUT2D eigenvalue weighted by Gasteiger charge is 2.45. The molecule has 2 rings (SSSR count). The molecule has 1 aromatic rings. The third-order valence-corrected chi connectivity index (χ3v) is 4.13. The molecule has 116 valence electrons. The molecule has 1 aliphatic heterocycles. The number of esters is 1. The minimum atomic E-state index is -0.699. The molecule has 1 fully saturated rings. The number of anilines is 1. The van der Waals surface area contributed by atoms with Crippen molar-refractivity contribution in [3.63, 3.8) is 0 Å². The van der Waals surface area contributed by atoms with Crippen LogP contribution >= 0.6 is 0 Å². The van der Waals surface area contributed by atoms with Crippen molar-refractivity contribution in [1.82, 2.24) is 0 Å². The number of ether oxygens (including phenoxy) is 2. The minimum absolute atomic E-state index is 0.0650. The van der Waals surface area contributed by atoms with Crippen LogP contribution in [0.5, 0.6) is 0 Å². The SMILES string of the molecule is COC(=O)C1(Nc2cccc(C)c2)CCOC(C(C)C)C1. The average molecular weight is 291 g/mol. The van der Waals surface area contributed by atoms with Gasteiger partial charge in [0, 0.05) is 25.1 Å². The normalized spacial score (nSPS) is 25.7. The molecule has 0 radical (unpaired) electrons. The van der Waals surface area contributed by atoms with Gasteiger partial charge in [-0.3, -0.25) is 0 Å². The summed E-state index contributed by atoms with van der Waals surface area (Å²) in [4.78, 5) is 12.4. The molecule has 1 aliphatic rings. The van der Waals surface area contributed by atoms with E-state index in [2.05, 4.69) is 19.2 Å². The lowest BCUT2D eigenvalue weighted by atomic mass is 9.83. The topological polar surface area (TPSA) is 47.6 Å². The fraction of sp³-hybridized carbons (Fsp3) is 0.588. The number of methoxy groups -OCH3 is 1. The molecule has 0 aromatic heterocycles. The summed E-state index contributed by atoms with van der Waals surface area (Å²) in [6.45, 7) is 6.84. The summed E-state index contributed by atoms with van der Waals surface area (Å²) in [7, 11) is 1.45. The van der Waals surface area contributed by atoms with Crippen molar-refractivity contribution in [3.05, 3.63) is 29.8 Å². The summed E-state index contributed by atoms with van der Waals surface area (Å²) < 4.78 is 10.9. The van der Waals surface area contributed by atoms with Gasteiger partial charge in [-0.2, -0.15) is 0 Å². The maximum Gasteiger partial charge on any atom is 0.331 e. The minimum Gasteiger partial charge on any atom is -0.467 e. The molecular weight excluding hydrogens is 266 g/mol. The third kappa shape index (κ3) is 3.56. The van der Waals surface area contributed by atoms with Gasteiger partial charge in [0.05, 0.1) is 13.2 Å². The summed E-state index contributed by atoms with van der Waals surface area (Å²) in [5.41, 5.74) is 1.41. The Morgan fingerprint density at radius 3 is 2.86 bits per heavy atom. The summed E-state index contributed by atoms with van der Waals surface area (Å²) in [6.07, 6.45) is 1.32. The van der Waals surface area contributed by atoms with Crippen LogP contribution < -0.4 is 5.32 Å². The lowest BCUT2D eigenvalue weighted by Gasteiger charge is -2.41. The number of carbonyl (C=O) groups excluding carboxylic acids is 1. The molecule has 1 N–H and O–H groups in total. The monoisotopic (exact) mass is 291 g/mol. The van der Waals surface area contributed by atoms with Crippen molar-refractivity contribution in [1.29, 1.82) is 0 Å². The van der Waals surface area contributed by atoms with E-state index in [1.807, 2.05) is 31.2 Å². The predicted molar refractivity (Wildman–Crippen MR) is 83.4 cm³/mol. The first kappa shape index (κ1) is 15.8.